The maximum absolute atomic E-state index is 12.0. The van der Waals surface area contributed by atoms with Gasteiger partial charge in [0.15, 0.2) is 0 Å². The Labute approximate surface area is 119 Å². The van der Waals surface area contributed by atoms with Crippen LogP contribution in [0.15, 0.2) is 12.1 Å². The van der Waals surface area contributed by atoms with Crippen LogP contribution in [0.2, 0.25) is 0 Å². The molecule has 0 N–H and O–H groups in total. The Morgan fingerprint density at radius 3 is 2.16 bits per heavy atom. The number of ether oxygens (including phenoxy) is 2. The second-order valence-corrected chi connectivity index (χ2v) is 5.39. The van der Waals surface area contributed by atoms with E-state index in [0.29, 0.717) is 0 Å². The molecule has 1 atom stereocenters. The summed E-state index contributed by atoms with van der Waals surface area (Å²) in [5.41, 5.74) is 2.76. The summed E-state index contributed by atoms with van der Waals surface area (Å²) in [4.78, 5) is -0.279. The lowest BCUT2D eigenvalue weighted by Crippen LogP contribution is -2.18. The van der Waals surface area contributed by atoms with Gasteiger partial charge in [0, 0.05) is 0 Å². The predicted molar refractivity (Wildman–Crippen MR) is 71.0 cm³/mol. The Morgan fingerprint density at radius 1 is 1.21 bits per heavy atom. The molecular weight excluding hydrogens is 325 g/mol. The number of alkyl halides is 4. The van der Waals surface area contributed by atoms with E-state index in [1.54, 1.807) is 7.11 Å². The summed E-state index contributed by atoms with van der Waals surface area (Å²) in [6.45, 7) is 2.52. The van der Waals surface area contributed by atoms with Gasteiger partial charge in [-0.1, -0.05) is 28.1 Å². The molecule has 0 aliphatic carbocycles. The standard InChI is InChI=1S/C13H16BrF3O2/c1-8-4-10(5-9(2)12(8)18-3)11(14)6-19-7-13(15,16)17/h4-5,11H,6-7H2,1-3H3. The molecule has 1 rings (SSSR count). The third-order valence-electron chi connectivity index (χ3n) is 2.58. The van der Waals surface area contributed by atoms with Crippen LogP contribution in [0.4, 0.5) is 13.2 Å². The van der Waals surface area contributed by atoms with E-state index in [2.05, 4.69) is 20.7 Å². The molecular formula is C13H16BrF3O2. The third-order valence-corrected chi connectivity index (χ3v) is 3.37. The van der Waals surface area contributed by atoms with Gasteiger partial charge in [-0.05, 0) is 30.5 Å². The minimum Gasteiger partial charge on any atom is -0.496 e. The molecule has 1 aromatic carbocycles. The maximum atomic E-state index is 12.0. The van der Waals surface area contributed by atoms with Crippen molar-refractivity contribution >= 4 is 15.9 Å². The average Bonchev–Trinajstić information content (AvgIpc) is 2.26. The second-order valence-electron chi connectivity index (χ2n) is 4.29. The van der Waals surface area contributed by atoms with Crippen LogP contribution in [0.1, 0.15) is 21.5 Å². The van der Waals surface area contributed by atoms with Gasteiger partial charge in [0.25, 0.3) is 0 Å². The van der Waals surface area contributed by atoms with Gasteiger partial charge in [-0.25, -0.2) is 0 Å². The largest absolute Gasteiger partial charge is 0.496 e. The number of methoxy groups -OCH3 is 1. The zero-order valence-corrected chi connectivity index (χ0v) is 12.6. The van der Waals surface area contributed by atoms with Crippen LogP contribution in [0.25, 0.3) is 0 Å². The molecule has 0 aliphatic heterocycles. The van der Waals surface area contributed by atoms with Crippen LogP contribution < -0.4 is 4.74 Å². The van der Waals surface area contributed by atoms with Crippen molar-refractivity contribution in [3.8, 4) is 5.75 Å². The molecule has 108 valence electrons. The molecule has 0 aliphatic rings. The summed E-state index contributed by atoms with van der Waals surface area (Å²) < 4.78 is 45.8. The van der Waals surface area contributed by atoms with E-state index < -0.39 is 12.8 Å². The first kappa shape index (κ1) is 16.3. The Morgan fingerprint density at radius 2 is 1.74 bits per heavy atom. The Kier molecular flexibility index (Phi) is 5.67. The van der Waals surface area contributed by atoms with Crippen LogP contribution in [-0.2, 0) is 4.74 Å². The molecule has 0 fully saturated rings. The van der Waals surface area contributed by atoms with E-state index >= 15 is 0 Å². The molecule has 0 heterocycles. The molecule has 0 bridgehead atoms. The summed E-state index contributed by atoms with van der Waals surface area (Å²) in [6, 6.07) is 3.75. The van der Waals surface area contributed by atoms with Gasteiger partial charge in [0.05, 0.1) is 18.5 Å². The van der Waals surface area contributed by atoms with Gasteiger partial charge in [-0.2, -0.15) is 13.2 Å². The molecule has 1 unspecified atom stereocenters. The topological polar surface area (TPSA) is 18.5 Å². The summed E-state index contributed by atoms with van der Waals surface area (Å²) >= 11 is 3.34. The van der Waals surface area contributed by atoms with Gasteiger partial charge in [-0.3, -0.25) is 0 Å². The Balaban J connectivity index is 2.70. The highest BCUT2D eigenvalue weighted by atomic mass is 79.9. The van der Waals surface area contributed by atoms with E-state index in [-0.39, 0.29) is 11.4 Å². The monoisotopic (exact) mass is 340 g/mol. The van der Waals surface area contributed by atoms with Crippen LogP contribution in [0.3, 0.4) is 0 Å². The molecule has 0 saturated heterocycles. The summed E-state index contributed by atoms with van der Waals surface area (Å²) in [7, 11) is 1.59. The van der Waals surface area contributed by atoms with Gasteiger partial charge < -0.3 is 9.47 Å². The lowest BCUT2D eigenvalue weighted by Gasteiger charge is -2.16. The van der Waals surface area contributed by atoms with Crippen molar-refractivity contribution in [3.05, 3.63) is 28.8 Å². The average molecular weight is 341 g/mol. The first-order valence-electron chi connectivity index (χ1n) is 5.68. The number of hydrogen-bond donors (Lipinski definition) is 0. The fourth-order valence-corrected chi connectivity index (χ4v) is 2.31. The van der Waals surface area contributed by atoms with Crippen molar-refractivity contribution in [2.75, 3.05) is 20.3 Å². The van der Waals surface area contributed by atoms with E-state index in [9.17, 15) is 13.2 Å². The first-order chi connectivity index (χ1) is 8.74. The Bertz CT molecular complexity index is 409. The van der Waals surface area contributed by atoms with Crippen LogP contribution in [0, 0.1) is 13.8 Å². The molecule has 6 heteroatoms. The number of halogens is 4. The van der Waals surface area contributed by atoms with Gasteiger partial charge >= 0.3 is 6.18 Å². The summed E-state index contributed by atoms with van der Waals surface area (Å²) in [5, 5.41) is 0. The fraction of sp³-hybridized carbons (Fsp3) is 0.538. The smallest absolute Gasteiger partial charge is 0.411 e. The second kappa shape index (κ2) is 6.61. The van der Waals surface area contributed by atoms with E-state index in [4.69, 9.17) is 4.74 Å². The van der Waals surface area contributed by atoms with E-state index in [1.807, 2.05) is 26.0 Å². The van der Waals surface area contributed by atoms with Crippen molar-refractivity contribution in [2.24, 2.45) is 0 Å². The van der Waals surface area contributed by atoms with Crippen molar-refractivity contribution < 1.29 is 22.6 Å². The van der Waals surface area contributed by atoms with Gasteiger partial charge in [0.1, 0.15) is 12.4 Å². The number of hydrogen-bond acceptors (Lipinski definition) is 2. The van der Waals surface area contributed by atoms with E-state index in [1.165, 1.54) is 0 Å². The van der Waals surface area contributed by atoms with Crippen LogP contribution >= 0.6 is 15.9 Å². The first-order valence-corrected chi connectivity index (χ1v) is 6.60. The normalized spacial score (nSPS) is 13.4. The third kappa shape index (κ3) is 5.03. The minimum absolute atomic E-state index is 0.0370. The molecule has 0 aromatic heterocycles. The van der Waals surface area contributed by atoms with E-state index in [0.717, 1.165) is 22.4 Å². The molecule has 19 heavy (non-hydrogen) atoms. The lowest BCUT2D eigenvalue weighted by atomic mass is 10.0. The van der Waals surface area contributed by atoms with Crippen LogP contribution in [0.5, 0.6) is 5.75 Å². The number of benzene rings is 1. The SMILES string of the molecule is COc1c(C)cc(C(Br)COCC(F)(F)F)cc1C. The van der Waals surface area contributed by atoms with Gasteiger partial charge in [-0.15, -0.1) is 0 Å². The van der Waals surface area contributed by atoms with Crippen LogP contribution in [-0.4, -0.2) is 26.5 Å². The lowest BCUT2D eigenvalue weighted by molar-refractivity contribution is -0.173. The quantitative estimate of drug-likeness (QED) is 0.743. The summed E-state index contributed by atoms with van der Waals surface area (Å²) in [5.74, 6) is 0.791. The molecule has 0 saturated carbocycles. The molecule has 0 radical (unpaired) electrons. The van der Waals surface area contributed by atoms with Gasteiger partial charge in [0.2, 0.25) is 0 Å². The molecule has 0 amide bonds. The van der Waals surface area contributed by atoms with Crippen molar-refractivity contribution in [3.63, 3.8) is 0 Å². The highest BCUT2D eigenvalue weighted by Crippen LogP contribution is 2.31. The minimum atomic E-state index is -4.29. The van der Waals surface area contributed by atoms with Crippen molar-refractivity contribution in [1.82, 2.24) is 0 Å². The number of rotatable bonds is 5. The molecule has 1 aromatic rings. The maximum Gasteiger partial charge on any atom is 0.411 e. The zero-order valence-electron chi connectivity index (χ0n) is 11.0. The molecule has 2 nitrogen and oxygen atoms in total. The highest BCUT2D eigenvalue weighted by molar-refractivity contribution is 9.09. The predicted octanol–water partition coefficient (Wildman–Crippen LogP) is 4.33. The van der Waals surface area contributed by atoms with Crippen molar-refractivity contribution in [2.45, 2.75) is 24.9 Å². The summed E-state index contributed by atoms with van der Waals surface area (Å²) in [6.07, 6.45) is -4.29. The highest BCUT2D eigenvalue weighted by Gasteiger charge is 2.27. The molecule has 0 spiro atoms. The fourth-order valence-electron chi connectivity index (χ4n) is 1.86. The number of aryl methyl sites for hydroxylation is 2. The van der Waals surface area contributed by atoms with Crippen molar-refractivity contribution in [1.29, 1.82) is 0 Å². The zero-order chi connectivity index (χ0) is 14.6. The Hall–Kier alpha value is -0.750.